The van der Waals surface area contributed by atoms with Gasteiger partial charge in [0, 0.05) is 12.0 Å². The van der Waals surface area contributed by atoms with Crippen LogP contribution in [0.15, 0.2) is 0 Å². The smallest absolute Gasteiger partial charge is 0.223 e. The monoisotopic (exact) mass is 208 g/mol. The lowest BCUT2D eigenvalue weighted by molar-refractivity contribution is -0.128. The molecule has 0 aliphatic heterocycles. The van der Waals surface area contributed by atoms with Crippen LogP contribution in [0.1, 0.15) is 46.5 Å². The molecule has 15 heavy (non-hydrogen) atoms. The Morgan fingerprint density at radius 3 is 2.80 bits per heavy atom. The lowest BCUT2D eigenvalue weighted by atomic mass is 9.81. The number of nitriles is 1. The summed E-state index contributed by atoms with van der Waals surface area (Å²) in [6.45, 7) is 6.18. The zero-order valence-electron chi connectivity index (χ0n) is 9.84. The van der Waals surface area contributed by atoms with Gasteiger partial charge in [-0.2, -0.15) is 5.26 Å². The third-order valence-electron chi connectivity index (χ3n) is 3.36. The van der Waals surface area contributed by atoms with Gasteiger partial charge in [-0.1, -0.05) is 20.3 Å². The molecule has 0 aromatic rings. The summed E-state index contributed by atoms with van der Waals surface area (Å²) in [5.74, 6) is 0.249. The standard InChI is InChI=1S/C12H20N2O/c1-9(6-8-13)14-11(15)10-5-4-7-12(10,2)3/h9-10H,4-7H2,1-3H3,(H,14,15). The van der Waals surface area contributed by atoms with Gasteiger partial charge in [-0.3, -0.25) is 4.79 Å². The van der Waals surface area contributed by atoms with E-state index in [4.69, 9.17) is 5.26 Å². The van der Waals surface area contributed by atoms with E-state index < -0.39 is 0 Å². The maximum Gasteiger partial charge on any atom is 0.223 e. The molecule has 0 heterocycles. The first-order valence-electron chi connectivity index (χ1n) is 5.64. The van der Waals surface area contributed by atoms with Gasteiger partial charge in [0.15, 0.2) is 0 Å². The second kappa shape index (κ2) is 4.65. The molecule has 1 amide bonds. The zero-order chi connectivity index (χ0) is 11.5. The van der Waals surface area contributed by atoms with Crippen LogP contribution in [0.25, 0.3) is 0 Å². The van der Waals surface area contributed by atoms with E-state index in [-0.39, 0.29) is 23.3 Å². The lowest BCUT2D eigenvalue weighted by Crippen LogP contribution is -2.40. The molecule has 3 nitrogen and oxygen atoms in total. The first kappa shape index (κ1) is 12.0. The van der Waals surface area contributed by atoms with Crippen molar-refractivity contribution in [1.29, 1.82) is 5.26 Å². The fraction of sp³-hybridized carbons (Fsp3) is 0.833. The van der Waals surface area contributed by atoms with Crippen molar-refractivity contribution in [2.45, 2.75) is 52.5 Å². The molecule has 3 heteroatoms. The number of rotatable bonds is 3. The van der Waals surface area contributed by atoms with E-state index in [2.05, 4.69) is 25.2 Å². The van der Waals surface area contributed by atoms with E-state index in [0.717, 1.165) is 19.3 Å². The fourth-order valence-electron chi connectivity index (χ4n) is 2.34. The van der Waals surface area contributed by atoms with E-state index in [0.29, 0.717) is 6.42 Å². The van der Waals surface area contributed by atoms with Gasteiger partial charge in [0.1, 0.15) is 0 Å². The van der Waals surface area contributed by atoms with E-state index >= 15 is 0 Å². The van der Waals surface area contributed by atoms with Crippen LogP contribution in [0.4, 0.5) is 0 Å². The first-order valence-corrected chi connectivity index (χ1v) is 5.64. The highest BCUT2D eigenvalue weighted by Crippen LogP contribution is 2.42. The van der Waals surface area contributed by atoms with Crippen molar-refractivity contribution in [2.75, 3.05) is 0 Å². The average Bonchev–Trinajstić information content (AvgIpc) is 2.45. The van der Waals surface area contributed by atoms with Crippen molar-refractivity contribution >= 4 is 5.91 Å². The van der Waals surface area contributed by atoms with Gasteiger partial charge < -0.3 is 5.32 Å². The molecular formula is C12H20N2O. The third kappa shape index (κ3) is 2.95. The molecule has 0 saturated heterocycles. The summed E-state index contributed by atoms with van der Waals surface area (Å²) in [5, 5.41) is 11.4. The second-order valence-corrected chi connectivity index (χ2v) is 5.21. The molecule has 1 saturated carbocycles. The Hall–Kier alpha value is -1.04. The summed E-state index contributed by atoms with van der Waals surface area (Å²) in [6, 6.07) is 2.04. The summed E-state index contributed by atoms with van der Waals surface area (Å²) in [7, 11) is 0. The molecule has 1 N–H and O–H groups in total. The summed E-state index contributed by atoms with van der Waals surface area (Å²) in [5.41, 5.74) is 0.121. The van der Waals surface area contributed by atoms with Crippen LogP contribution < -0.4 is 5.32 Å². The van der Waals surface area contributed by atoms with Crippen molar-refractivity contribution in [1.82, 2.24) is 5.32 Å². The maximum atomic E-state index is 11.9. The van der Waals surface area contributed by atoms with Crippen LogP contribution in [-0.2, 0) is 4.79 Å². The van der Waals surface area contributed by atoms with Gasteiger partial charge in [0.2, 0.25) is 5.91 Å². The highest BCUT2D eigenvalue weighted by Gasteiger charge is 2.39. The molecule has 0 bridgehead atoms. The largest absolute Gasteiger partial charge is 0.352 e. The molecule has 0 aromatic heterocycles. The Bertz CT molecular complexity index is 278. The van der Waals surface area contributed by atoms with Crippen molar-refractivity contribution in [3.8, 4) is 6.07 Å². The minimum absolute atomic E-state index is 0.0288. The molecule has 0 spiro atoms. The fourth-order valence-corrected chi connectivity index (χ4v) is 2.34. The Morgan fingerprint density at radius 2 is 2.33 bits per heavy atom. The molecule has 1 rings (SSSR count). The van der Waals surface area contributed by atoms with E-state index in [9.17, 15) is 4.79 Å². The molecule has 2 atom stereocenters. The zero-order valence-corrected chi connectivity index (χ0v) is 9.84. The van der Waals surface area contributed by atoms with E-state index in [1.807, 2.05) is 6.92 Å². The van der Waals surface area contributed by atoms with Crippen molar-refractivity contribution in [2.24, 2.45) is 11.3 Å². The van der Waals surface area contributed by atoms with Crippen molar-refractivity contribution in [3.63, 3.8) is 0 Å². The van der Waals surface area contributed by atoms with Gasteiger partial charge in [-0.25, -0.2) is 0 Å². The molecule has 84 valence electrons. The number of hydrogen-bond acceptors (Lipinski definition) is 2. The van der Waals surface area contributed by atoms with Crippen LogP contribution in [0, 0.1) is 22.7 Å². The Morgan fingerprint density at radius 1 is 1.67 bits per heavy atom. The predicted octanol–water partition coefficient (Wildman–Crippen LogP) is 2.23. The van der Waals surface area contributed by atoms with Gasteiger partial charge >= 0.3 is 0 Å². The highest BCUT2D eigenvalue weighted by molar-refractivity contribution is 5.80. The summed E-state index contributed by atoms with van der Waals surface area (Å²) in [4.78, 5) is 11.9. The van der Waals surface area contributed by atoms with Crippen LogP contribution in [0.5, 0.6) is 0 Å². The SMILES string of the molecule is CC(CC#N)NC(=O)C1CCCC1(C)C. The average molecular weight is 208 g/mol. The van der Waals surface area contributed by atoms with Crippen LogP contribution in [0.3, 0.4) is 0 Å². The lowest BCUT2D eigenvalue weighted by Gasteiger charge is -2.26. The molecular weight excluding hydrogens is 188 g/mol. The van der Waals surface area contributed by atoms with E-state index in [1.54, 1.807) is 0 Å². The minimum atomic E-state index is -0.0288. The Kier molecular flexibility index (Phi) is 3.73. The number of nitrogens with one attached hydrogen (secondary N) is 1. The van der Waals surface area contributed by atoms with Crippen molar-refractivity contribution in [3.05, 3.63) is 0 Å². The molecule has 1 aliphatic rings. The Labute approximate surface area is 91.9 Å². The van der Waals surface area contributed by atoms with Gasteiger partial charge in [0.25, 0.3) is 0 Å². The molecule has 2 unspecified atom stereocenters. The van der Waals surface area contributed by atoms with Gasteiger partial charge in [0.05, 0.1) is 12.5 Å². The minimum Gasteiger partial charge on any atom is -0.352 e. The van der Waals surface area contributed by atoms with Crippen molar-refractivity contribution < 1.29 is 4.79 Å². The predicted molar refractivity (Wildman–Crippen MR) is 59.0 cm³/mol. The topological polar surface area (TPSA) is 52.9 Å². The quantitative estimate of drug-likeness (QED) is 0.773. The molecule has 1 aliphatic carbocycles. The normalized spacial score (nSPS) is 25.6. The summed E-state index contributed by atoms with van der Waals surface area (Å²) < 4.78 is 0. The summed E-state index contributed by atoms with van der Waals surface area (Å²) >= 11 is 0. The first-order chi connectivity index (χ1) is 6.97. The maximum absolute atomic E-state index is 11.9. The number of amides is 1. The molecule has 0 radical (unpaired) electrons. The number of carbonyl (C=O) groups is 1. The number of carbonyl (C=O) groups excluding carboxylic acids is 1. The highest BCUT2D eigenvalue weighted by atomic mass is 16.2. The Balaban J connectivity index is 2.51. The number of hydrogen-bond donors (Lipinski definition) is 1. The molecule has 0 aromatic carbocycles. The summed E-state index contributed by atoms with van der Waals surface area (Å²) in [6.07, 6.45) is 3.63. The van der Waals surface area contributed by atoms with Gasteiger partial charge in [-0.15, -0.1) is 0 Å². The third-order valence-corrected chi connectivity index (χ3v) is 3.36. The molecule has 1 fully saturated rings. The van der Waals surface area contributed by atoms with Gasteiger partial charge in [-0.05, 0) is 25.2 Å². The number of nitrogens with zero attached hydrogens (tertiary/aromatic N) is 1. The van der Waals surface area contributed by atoms with E-state index in [1.165, 1.54) is 0 Å². The van der Waals surface area contributed by atoms with Crippen LogP contribution >= 0.6 is 0 Å². The van der Waals surface area contributed by atoms with Crippen LogP contribution in [0.2, 0.25) is 0 Å². The van der Waals surface area contributed by atoms with Crippen LogP contribution in [-0.4, -0.2) is 11.9 Å². The second-order valence-electron chi connectivity index (χ2n) is 5.21.